The van der Waals surface area contributed by atoms with Gasteiger partial charge in [0.15, 0.2) is 0 Å². The highest BCUT2D eigenvalue weighted by molar-refractivity contribution is 5.39. The van der Waals surface area contributed by atoms with Crippen molar-refractivity contribution in [2.45, 2.75) is 32.7 Å². The Labute approximate surface area is 121 Å². The highest BCUT2D eigenvalue weighted by atomic mass is 16.5. The highest BCUT2D eigenvalue weighted by Crippen LogP contribution is 2.26. The van der Waals surface area contributed by atoms with Gasteiger partial charge in [-0.25, -0.2) is 0 Å². The molecule has 1 aliphatic heterocycles. The van der Waals surface area contributed by atoms with Gasteiger partial charge in [-0.2, -0.15) is 0 Å². The summed E-state index contributed by atoms with van der Waals surface area (Å²) in [5.41, 5.74) is 0.941. The number of aromatic hydroxyl groups is 1. The molecule has 1 saturated heterocycles. The number of phenols is 1. The molecule has 1 fully saturated rings. The summed E-state index contributed by atoms with van der Waals surface area (Å²) in [6, 6.07) is 5.56. The van der Waals surface area contributed by atoms with Crippen LogP contribution in [0.4, 0.5) is 0 Å². The van der Waals surface area contributed by atoms with Crippen LogP contribution >= 0.6 is 0 Å². The zero-order valence-corrected chi connectivity index (χ0v) is 12.2. The van der Waals surface area contributed by atoms with Crippen LogP contribution in [0.3, 0.4) is 0 Å². The maximum Gasteiger partial charge on any atom is 0.123 e. The second kappa shape index (κ2) is 7.50. The second-order valence-electron chi connectivity index (χ2n) is 5.54. The summed E-state index contributed by atoms with van der Waals surface area (Å²) >= 11 is 0. The van der Waals surface area contributed by atoms with Crippen LogP contribution in [-0.2, 0) is 6.54 Å². The zero-order valence-electron chi connectivity index (χ0n) is 12.2. The molecule has 112 valence electrons. The van der Waals surface area contributed by atoms with Crippen LogP contribution in [0.1, 0.15) is 31.7 Å². The van der Waals surface area contributed by atoms with Gasteiger partial charge in [-0.15, -0.1) is 0 Å². The van der Waals surface area contributed by atoms with E-state index in [1.54, 1.807) is 6.07 Å². The molecule has 0 bridgehead atoms. The minimum atomic E-state index is 0.294. The second-order valence-corrected chi connectivity index (χ2v) is 5.54. The molecule has 1 aromatic rings. The van der Waals surface area contributed by atoms with Crippen molar-refractivity contribution in [2.75, 3.05) is 26.3 Å². The van der Waals surface area contributed by atoms with Gasteiger partial charge in [0.05, 0.1) is 6.61 Å². The number of benzene rings is 1. The fraction of sp³-hybridized carbons (Fsp3) is 0.625. The van der Waals surface area contributed by atoms with Gasteiger partial charge in [0.25, 0.3) is 0 Å². The van der Waals surface area contributed by atoms with E-state index < -0.39 is 0 Å². The first-order valence-electron chi connectivity index (χ1n) is 7.50. The van der Waals surface area contributed by atoms with Crippen molar-refractivity contribution in [3.8, 4) is 11.5 Å². The largest absolute Gasteiger partial charge is 0.507 e. The van der Waals surface area contributed by atoms with Crippen LogP contribution in [-0.4, -0.2) is 41.4 Å². The van der Waals surface area contributed by atoms with Crippen LogP contribution in [0, 0.1) is 5.92 Å². The van der Waals surface area contributed by atoms with E-state index in [0.717, 1.165) is 50.2 Å². The minimum absolute atomic E-state index is 0.294. The number of aliphatic hydroxyl groups excluding tert-OH is 1. The maximum atomic E-state index is 10.1. The Morgan fingerprint density at radius 1 is 1.30 bits per heavy atom. The van der Waals surface area contributed by atoms with Crippen LogP contribution in [0.15, 0.2) is 18.2 Å². The highest BCUT2D eigenvalue weighted by Gasteiger charge is 2.19. The molecule has 0 atom stereocenters. The number of nitrogens with zero attached hydrogens (tertiary/aromatic N) is 1. The molecule has 1 aromatic carbocycles. The van der Waals surface area contributed by atoms with E-state index in [9.17, 15) is 5.11 Å². The van der Waals surface area contributed by atoms with Crippen molar-refractivity contribution < 1.29 is 14.9 Å². The van der Waals surface area contributed by atoms with Gasteiger partial charge in [-0.05, 0) is 44.3 Å². The fourth-order valence-electron chi connectivity index (χ4n) is 2.56. The Bertz CT molecular complexity index is 414. The molecule has 0 unspecified atom stereocenters. The van der Waals surface area contributed by atoms with E-state index in [4.69, 9.17) is 9.84 Å². The van der Waals surface area contributed by atoms with Crippen molar-refractivity contribution in [3.63, 3.8) is 0 Å². The molecule has 1 aliphatic rings. The molecule has 0 aliphatic carbocycles. The molecule has 2 rings (SSSR count). The smallest absolute Gasteiger partial charge is 0.123 e. The van der Waals surface area contributed by atoms with Gasteiger partial charge < -0.3 is 14.9 Å². The normalized spacial score (nSPS) is 17.3. The Hall–Kier alpha value is -1.26. The Balaban J connectivity index is 1.90. The molecule has 0 amide bonds. The number of hydrogen-bond acceptors (Lipinski definition) is 4. The molecule has 4 heteroatoms. The zero-order chi connectivity index (χ0) is 14.4. The average molecular weight is 279 g/mol. The molecule has 20 heavy (non-hydrogen) atoms. The van der Waals surface area contributed by atoms with Crippen molar-refractivity contribution in [2.24, 2.45) is 5.92 Å². The van der Waals surface area contributed by atoms with E-state index in [-0.39, 0.29) is 0 Å². The van der Waals surface area contributed by atoms with Crippen LogP contribution in [0.2, 0.25) is 0 Å². The van der Waals surface area contributed by atoms with E-state index in [2.05, 4.69) is 11.8 Å². The Morgan fingerprint density at radius 3 is 2.65 bits per heavy atom. The SMILES string of the molecule is CCCOc1ccc(CN2CCC(CO)CC2)c(O)c1. The lowest BCUT2D eigenvalue weighted by Gasteiger charge is -2.31. The van der Waals surface area contributed by atoms with Crippen LogP contribution in [0.5, 0.6) is 11.5 Å². The van der Waals surface area contributed by atoms with E-state index >= 15 is 0 Å². The molecular formula is C16H25NO3. The average Bonchev–Trinajstić information content (AvgIpc) is 2.48. The molecule has 1 heterocycles. The third kappa shape index (κ3) is 4.12. The number of piperidine rings is 1. The van der Waals surface area contributed by atoms with Gasteiger partial charge >= 0.3 is 0 Å². The standard InChI is InChI=1S/C16H25NO3/c1-2-9-20-15-4-3-14(16(19)10-15)11-17-7-5-13(12-18)6-8-17/h3-4,10,13,18-19H,2,5-9,11-12H2,1H3. The van der Waals surface area contributed by atoms with E-state index in [1.807, 2.05) is 12.1 Å². The molecule has 2 N–H and O–H groups in total. The molecule has 0 spiro atoms. The first-order valence-corrected chi connectivity index (χ1v) is 7.50. The van der Waals surface area contributed by atoms with Crippen LogP contribution in [0.25, 0.3) is 0 Å². The number of phenolic OH excluding ortho intramolecular Hbond substituents is 1. The summed E-state index contributed by atoms with van der Waals surface area (Å²) in [5.74, 6) is 1.49. The van der Waals surface area contributed by atoms with E-state index in [0.29, 0.717) is 24.9 Å². The lowest BCUT2D eigenvalue weighted by atomic mass is 9.97. The number of hydrogen-bond donors (Lipinski definition) is 2. The van der Waals surface area contributed by atoms with E-state index in [1.165, 1.54) is 0 Å². The number of likely N-dealkylation sites (tertiary alicyclic amines) is 1. The predicted molar refractivity (Wildman–Crippen MR) is 79.0 cm³/mol. The number of ether oxygens (including phenoxy) is 1. The summed E-state index contributed by atoms with van der Waals surface area (Å²) in [7, 11) is 0. The van der Waals surface area contributed by atoms with Crippen molar-refractivity contribution in [1.29, 1.82) is 0 Å². The Kier molecular flexibility index (Phi) is 5.68. The van der Waals surface area contributed by atoms with Crippen molar-refractivity contribution in [1.82, 2.24) is 4.90 Å². The van der Waals surface area contributed by atoms with Gasteiger partial charge in [-0.1, -0.05) is 13.0 Å². The third-order valence-corrected chi connectivity index (χ3v) is 3.89. The quantitative estimate of drug-likeness (QED) is 0.839. The summed E-state index contributed by atoms with van der Waals surface area (Å²) in [5, 5.41) is 19.2. The number of aliphatic hydroxyl groups is 1. The lowest BCUT2D eigenvalue weighted by Crippen LogP contribution is -2.34. The van der Waals surface area contributed by atoms with Crippen molar-refractivity contribution in [3.05, 3.63) is 23.8 Å². The van der Waals surface area contributed by atoms with Crippen LogP contribution < -0.4 is 4.74 Å². The summed E-state index contributed by atoms with van der Waals surface area (Å²) in [6.07, 6.45) is 3.03. The summed E-state index contributed by atoms with van der Waals surface area (Å²) < 4.78 is 5.51. The summed E-state index contributed by atoms with van der Waals surface area (Å²) in [4.78, 5) is 2.33. The van der Waals surface area contributed by atoms with Crippen molar-refractivity contribution >= 4 is 0 Å². The minimum Gasteiger partial charge on any atom is -0.507 e. The maximum absolute atomic E-state index is 10.1. The topological polar surface area (TPSA) is 52.9 Å². The fourth-order valence-corrected chi connectivity index (χ4v) is 2.56. The molecule has 0 radical (unpaired) electrons. The first kappa shape index (κ1) is 15.1. The molecule has 4 nitrogen and oxygen atoms in total. The number of rotatable bonds is 6. The summed E-state index contributed by atoms with van der Waals surface area (Å²) in [6.45, 7) is 5.76. The third-order valence-electron chi connectivity index (χ3n) is 3.89. The van der Waals surface area contributed by atoms with Gasteiger partial charge in [0, 0.05) is 24.8 Å². The Morgan fingerprint density at radius 2 is 2.05 bits per heavy atom. The molecular weight excluding hydrogens is 254 g/mol. The molecule has 0 aromatic heterocycles. The van der Waals surface area contributed by atoms with Gasteiger partial charge in [0.1, 0.15) is 11.5 Å². The molecule has 0 saturated carbocycles. The lowest BCUT2D eigenvalue weighted by molar-refractivity contribution is 0.127. The predicted octanol–water partition coefficient (Wildman–Crippen LogP) is 2.39. The first-order chi connectivity index (χ1) is 9.72. The monoisotopic (exact) mass is 279 g/mol. The van der Waals surface area contributed by atoms with Gasteiger partial charge in [-0.3, -0.25) is 4.90 Å². The van der Waals surface area contributed by atoms with Gasteiger partial charge in [0.2, 0.25) is 0 Å².